The highest BCUT2D eigenvalue weighted by atomic mass is 32.1. The summed E-state index contributed by atoms with van der Waals surface area (Å²) in [6.45, 7) is 36.7. The second-order valence-corrected chi connectivity index (χ2v) is 48.6. The molecule has 0 bridgehead atoms. The van der Waals surface area contributed by atoms with Crippen molar-refractivity contribution in [1.82, 2.24) is 69.2 Å². The Balaban J connectivity index is 0.000000145. The molecule has 0 radical (unpaired) electrons. The van der Waals surface area contributed by atoms with E-state index in [0.29, 0.717) is 36.7 Å². The van der Waals surface area contributed by atoms with Crippen LogP contribution in [0.15, 0.2) is 165 Å². The monoisotopic (exact) mass is 2160 g/mol. The van der Waals surface area contributed by atoms with Crippen LogP contribution in [0.3, 0.4) is 0 Å². The molecule has 1 unspecified atom stereocenters. The van der Waals surface area contributed by atoms with Gasteiger partial charge in [0.05, 0.1) is 17.1 Å². The Labute approximate surface area is 908 Å². The van der Waals surface area contributed by atoms with Crippen LogP contribution in [-0.2, 0) is 96.8 Å². The predicted molar refractivity (Wildman–Crippen MR) is 606 cm³/mol. The van der Waals surface area contributed by atoms with E-state index in [4.69, 9.17) is 0 Å². The number of rotatable bonds is 28. The van der Waals surface area contributed by atoms with Gasteiger partial charge >= 0.3 is 0 Å². The number of nitrogens with one attached hydrogen (secondary N) is 7. The smallest absolute Gasteiger partial charge is 0.223 e. The minimum absolute atomic E-state index is 0.0470. The van der Waals surface area contributed by atoms with Crippen LogP contribution >= 0.6 is 79.4 Å². The standard InChI is InChI=1S/C18H20N4OS.C18H23N3OS.C17H21N3O2S.C17H21N3OS.C17H27N3OS.C14H23N3OS.C11H17N3OS/c1-14(23)21-17-20-11-16(24-17)12-22-9-7-18(13-19,8-10-22)15-5-3-2-4-6-15;1-14(22)20-18-19-12-17(23-18)13-21-9-7-16(8-10-21)11-15-5-3-2-4-6-15;1-13(21)19-16-18-11-15(23-16)12-20-9-7-17(22,8-10-20)14-5-3-2-4-6-14;1-13(21)19-17-18-10-16(22-17)12-20-9-5-8-15(11-20)14-6-3-2-4-7-14;1-13(21)19-17-18-11-16(22-17)12-20-9-7-15(8-10-20)14-5-3-2-4-6-14;1-10(2)12-4-6-17(7-5-12)9-13-8-15-14(19-13)16-11(3)18;1-9(15)13-11-12-7-10(16-11)8-14-5-3-2-4-6-14/h2-6,11H,7-10,12H2,1H3,(H,20,21,23);2-6,12,16H,7-11,13H2,1H3,(H,19,20,22);2-6,11,22H,7-10,12H2,1H3,(H,18,19,21);2-4,6-7,10,15H,5,8-9,11-12H2,1H3,(H,18,19,21);11,14-15H,2-10,12H2,1H3,(H,18,19,21);8,10,12H,4-7,9H2,1-3H3,(H,15,16,18);7H,2-6,8H2,1H3,(H,12,13,15). The Kier molecular flexibility index (Phi) is 46.9. The lowest BCUT2D eigenvalue weighted by molar-refractivity contribution is -0.115. The number of amides is 7. The molecule has 8 aliphatic rings. The summed E-state index contributed by atoms with van der Waals surface area (Å²) in [4.78, 5) is 132. The number of aliphatic hydroxyl groups is 1. The van der Waals surface area contributed by atoms with E-state index in [1.807, 2.05) is 91.9 Å². The average Bonchev–Trinajstić information content (AvgIpc) is 1.39. The molecule has 800 valence electrons. The molecular formula is C112H152N22O8S7. The van der Waals surface area contributed by atoms with E-state index in [1.54, 1.807) is 56.7 Å². The van der Waals surface area contributed by atoms with Crippen LogP contribution in [0.4, 0.5) is 35.9 Å². The number of piperidine rings is 7. The quantitative estimate of drug-likeness (QED) is 0.0226. The largest absolute Gasteiger partial charge is 0.385 e. The molecule has 19 rings (SSSR count). The summed E-state index contributed by atoms with van der Waals surface area (Å²) in [6, 6.07) is 44.2. The highest BCUT2D eigenvalue weighted by Gasteiger charge is 2.38. The second-order valence-electron chi connectivity index (χ2n) is 40.8. The lowest BCUT2D eigenvalue weighted by Crippen LogP contribution is -2.42. The molecule has 0 spiro atoms. The fourth-order valence-corrected chi connectivity index (χ4v) is 27.0. The van der Waals surface area contributed by atoms with Crippen molar-refractivity contribution in [3.8, 4) is 6.07 Å². The lowest BCUT2D eigenvalue weighted by atomic mass is 9.74. The fraction of sp³-hybridized carbons (Fsp3) is 0.527. The van der Waals surface area contributed by atoms with E-state index >= 15 is 0 Å². The van der Waals surface area contributed by atoms with E-state index in [9.17, 15) is 43.9 Å². The first kappa shape index (κ1) is 116. The molecule has 1 aliphatic carbocycles. The van der Waals surface area contributed by atoms with Crippen LogP contribution in [-0.4, -0.2) is 207 Å². The number of nitrogens with zero attached hydrogens (tertiary/aromatic N) is 15. The van der Waals surface area contributed by atoms with Crippen LogP contribution in [0, 0.1) is 40.9 Å². The molecule has 7 aliphatic heterocycles. The minimum atomic E-state index is -0.715. The number of aromatic nitrogens is 7. The number of hydrogen-bond donors (Lipinski definition) is 8. The summed E-state index contributed by atoms with van der Waals surface area (Å²) in [7, 11) is 0. The topological polar surface area (TPSA) is 361 Å². The van der Waals surface area contributed by atoms with Gasteiger partial charge in [0.15, 0.2) is 35.9 Å². The van der Waals surface area contributed by atoms with Crippen LogP contribution in [0.2, 0.25) is 0 Å². The molecule has 1 saturated carbocycles. The maximum absolute atomic E-state index is 11.1. The van der Waals surface area contributed by atoms with Crippen LogP contribution in [0.1, 0.15) is 253 Å². The molecule has 149 heavy (non-hydrogen) atoms. The average molecular weight is 2160 g/mol. The number of nitriles is 1. The summed E-state index contributed by atoms with van der Waals surface area (Å²) in [5.74, 6) is 4.58. The van der Waals surface area contributed by atoms with Crippen molar-refractivity contribution in [1.29, 1.82) is 5.26 Å². The molecule has 1 atom stereocenters. The van der Waals surface area contributed by atoms with E-state index in [1.165, 1.54) is 255 Å². The van der Waals surface area contributed by atoms with E-state index in [-0.39, 0.29) is 46.8 Å². The highest BCUT2D eigenvalue weighted by molar-refractivity contribution is 7.17. The molecule has 8 fully saturated rings. The fourth-order valence-electron chi connectivity index (χ4n) is 20.7. The van der Waals surface area contributed by atoms with Gasteiger partial charge in [-0.2, -0.15) is 5.26 Å². The Morgan fingerprint density at radius 1 is 0.336 bits per heavy atom. The Bertz CT molecular complexity index is 5920. The molecule has 4 aromatic carbocycles. The number of hydrogen-bond acceptors (Lipinski definition) is 30. The van der Waals surface area contributed by atoms with Gasteiger partial charge in [0.2, 0.25) is 41.4 Å². The summed E-state index contributed by atoms with van der Waals surface area (Å²) in [6.07, 6.45) is 39.0. The number of anilines is 7. The summed E-state index contributed by atoms with van der Waals surface area (Å²) in [5, 5.41) is 44.5. The van der Waals surface area contributed by atoms with Crippen molar-refractivity contribution >= 4 is 157 Å². The molecule has 14 heterocycles. The Morgan fingerprint density at radius 3 is 0.973 bits per heavy atom. The van der Waals surface area contributed by atoms with Gasteiger partial charge in [0, 0.05) is 205 Å². The van der Waals surface area contributed by atoms with Gasteiger partial charge in [0.25, 0.3) is 0 Å². The molecular weight excluding hydrogens is 2010 g/mol. The highest BCUT2D eigenvalue weighted by Crippen LogP contribution is 2.41. The molecule has 7 aromatic heterocycles. The van der Waals surface area contributed by atoms with E-state index in [2.05, 4.69) is 199 Å². The molecule has 8 N–H and O–H groups in total. The van der Waals surface area contributed by atoms with Gasteiger partial charge in [0.1, 0.15) is 0 Å². The first-order valence-electron chi connectivity index (χ1n) is 53.0. The zero-order valence-electron chi connectivity index (χ0n) is 88.1. The van der Waals surface area contributed by atoms with Gasteiger partial charge in [-0.3, -0.25) is 67.9 Å². The number of benzene rings is 4. The third-order valence-electron chi connectivity index (χ3n) is 28.6. The van der Waals surface area contributed by atoms with Crippen molar-refractivity contribution in [3.63, 3.8) is 0 Å². The third-order valence-corrected chi connectivity index (χ3v) is 34.9. The minimum Gasteiger partial charge on any atom is -0.385 e. The second kappa shape index (κ2) is 60.3. The number of thiazole rings is 7. The SMILES string of the molecule is CC(=O)Nc1ncc(CN2CCC(C#N)(c3ccccc3)CC2)s1.CC(=O)Nc1ncc(CN2CCC(C(C)C)CC2)s1.CC(=O)Nc1ncc(CN2CCC(C3CCCCC3)CC2)s1.CC(=O)Nc1ncc(CN2CCC(Cc3ccccc3)CC2)s1.CC(=O)Nc1ncc(CN2CCC(O)(c3ccccc3)CC2)s1.CC(=O)Nc1ncc(CN2CCCC(c3ccccc3)C2)s1.CC(=O)Nc1ncc(CN2CCCCC2)s1. The van der Waals surface area contributed by atoms with Crippen molar-refractivity contribution in [2.75, 3.05) is 129 Å². The molecule has 30 nitrogen and oxygen atoms in total. The number of carbonyl (C=O) groups excluding carboxylic acids is 7. The maximum atomic E-state index is 11.1. The van der Waals surface area contributed by atoms with Crippen molar-refractivity contribution in [3.05, 3.63) is 221 Å². The normalized spacial score (nSPS) is 18.2. The van der Waals surface area contributed by atoms with Gasteiger partial charge in [-0.25, -0.2) is 34.9 Å². The van der Waals surface area contributed by atoms with Gasteiger partial charge < -0.3 is 42.3 Å². The maximum Gasteiger partial charge on any atom is 0.223 e. The lowest BCUT2D eigenvalue weighted by Gasteiger charge is -2.38. The summed E-state index contributed by atoms with van der Waals surface area (Å²) in [5.41, 5.74) is 3.94. The van der Waals surface area contributed by atoms with E-state index < -0.39 is 5.60 Å². The Morgan fingerprint density at radius 2 is 0.624 bits per heavy atom. The molecule has 7 amide bonds. The van der Waals surface area contributed by atoms with Gasteiger partial charge in [-0.05, 0) is 213 Å². The Hall–Kier alpha value is -10.3. The first-order valence-corrected chi connectivity index (χ1v) is 58.7. The van der Waals surface area contributed by atoms with Gasteiger partial charge in [-0.15, -0.1) is 79.4 Å². The van der Waals surface area contributed by atoms with Crippen molar-refractivity contribution in [2.45, 2.75) is 260 Å². The summed E-state index contributed by atoms with van der Waals surface area (Å²) < 4.78 is 0. The van der Waals surface area contributed by atoms with Gasteiger partial charge in [-0.1, -0.05) is 174 Å². The zero-order chi connectivity index (χ0) is 105. The van der Waals surface area contributed by atoms with Crippen LogP contribution < -0.4 is 37.2 Å². The number of likely N-dealkylation sites (tertiary alicyclic amines) is 7. The van der Waals surface area contributed by atoms with Crippen molar-refractivity contribution in [2.24, 2.45) is 29.6 Å². The third kappa shape index (κ3) is 40.1. The van der Waals surface area contributed by atoms with Crippen LogP contribution in [0.5, 0.6) is 0 Å². The molecule has 37 heteroatoms. The number of carbonyl (C=O) groups is 7. The summed E-state index contributed by atoms with van der Waals surface area (Å²) >= 11 is 10.9. The first-order chi connectivity index (χ1) is 72.0. The molecule has 7 saturated heterocycles. The van der Waals surface area contributed by atoms with Crippen molar-refractivity contribution < 1.29 is 38.7 Å². The zero-order valence-corrected chi connectivity index (χ0v) is 93.8. The van der Waals surface area contributed by atoms with E-state index in [0.717, 1.165) is 179 Å². The molecule has 11 aromatic rings. The van der Waals surface area contributed by atoms with Crippen LogP contribution in [0.25, 0.3) is 0 Å². The predicted octanol–water partition coefficient (Wildman–Crippen LogP) is 21.7.